The molecular formula is C24H24N2O3S. The molecule has 2 aromatic carbocycles. The number of thiazole rings is 1. The van der Waals surface area contributed by atoms with E-state index in [0.717, 1.165) is 21.8 Å². The SMILES string of the molecule is C#CCN(Cc1ccc(C)cc1)C(=O)Cc1csc(-c2ccc(OC)c(OC)c2)n1. The minimum absolute atomic E-state index is 0.0438. The maximum atomic E-state index is 12.9. The van der Waals surface area contributed by atoms with E-state index in [9.17, 15) is 4.79 Å². The molecule has 5 nitrogen and oxygen atoms in total. The summed E-state index contributed by atoms with van der Waals surface area (Å²) in [5.41, 5.74) is 3.87. The average Bonchev–Trinajstić information content (AvgIpc) is 3.22. The molecule has 3 aromatic rings. The number of nitrogens with zero attached hydrogens (tertiary/aromatic N) is 2. The average molecular weight is 421 g/mol. The molecule has 30 heavy (non-hydrogen) atoms. The lowest BCUT2D eigenvalue weighted by atomic mass is 10.1. The van der Waals surface area contributed by atoms with Gasteiger partial charge in [0.2, 0.25) is 5.91 Å². The fourth-order valence-electron chi connectivity index (χ4n) is 3.01. The van der Waals surface area contributed by atoms with Gasteiger partial charge in [0.15, 0.2) is 11.5 Å². The van der Waals surface area contributed by atoms with E-state index in [2.05, 4.69) is 10.9 Å². The van der Waals surface area contributed by atoms with E-state index in [1.165, 1.54) is 16.9 Å². The standard InChI is InChI=1S/C24H24N2O3S/c1-5-12-26(15-18-8-6-17(2)7-9-18)23(27)14-20-16-30-24(25-20)19-10-11-21(28-3)22(13-19)29-4/h1,6-11,13,16H,12,14-15H2,2-4H3. The van der Waals surface area contributed by atoms with Crippen molar-refractivity contribution in [2.24, 2.45) is 0 Å². The van der Waals surface area contributed by atoms with Gasteiger partial charge in [0, 0.05) is 17.5 Å². The summed E-state index contributed by atoms with van der Waals surface area (Å²) in [6.07, 6.45) is 5.70. The number of aromatic nitrogens is 1. The zero-order valence-corrected chi connectivity index (χ0v) is 18.2. The van der Waals surface area contributed by atoms with Crippen LogP contribution in [0.1, 0.15) is 16.8 Å². The van der Waals surface area contributed by atoms with Gasteiger partial charge in [-0.3, -0.25) is 4.79 Å². The van der Waals surface area contributed by atoms with Crippen LogP contribution in [0.3, 0.4) is 0 Å². The first-order valence-electron chi connectivity index (χ1n) is 9.47. The highest BCUT2D eigenvalue weighted by molar-refractivity contribution is 7.13. The Labute approximate surface area is 181 Å². The van der Waals surface area contributed by atoms with Crippen LogP contribution in [-0.4, -0.2) is 36.6 Å². The minimum Gasteiger partial charge on any atom is -0.493 e. The number of hydrogen-bond acceptors (Lipinski definition) is 5. The van der Waals surface area contributed by atoms with Crippen LogP contribution in [0.15, 0.2) is 47.8 Å². The molecule has 0 aliphatic rings. The fraction of sp³-hybridized carbons (Fsp3) is 0.250. The third kappa shape index (κ3) is 5.19. The van der Waals surface area contributed by atoms with Crippen LogP contribution in [-0.2, 0) is 17.8 Å². The third-order valence-electron chi connectivity index (χ3n) is 4.64. The van der Waals surface area contributed by atoms with Crippen LogP contribution in [0.2, 0.25) is 0 Å². The van der Waals surface area contributed by atoms with Crippen LogP contribution in [0.5, 0.6) is 11.5 Å². The van der Waals surface area contributed by atoms with Crippen molar-refractivity contribution in [3.8, 4) is 34.4 Å². The Morgan fingerprint density at radius 3 is 2.53 bits per heavy atom. The monoisotopic (exact) mass is 420 g/mol. The molecule has 0 fully saturated rings. The van der Waals surface area contributed by atoms with E-state index in [-0.39, 0.29) is 18.9 Å². The number of hydrogen-bond donors (Lipinski definition) is 0. The normalized spacial score (nSPS) is 10.3. The molecule has 1 heterocycles. The van der Waals surface area contributed by atoms with Gasteiger partial charge >= 0.3 is 0 Å². The van der Waals surface area contributed by atoms with Gasteiger partial charge in [0.1, 0.15) is 5.01 Å². The maximum Gasteiger partial charge on any atom is 0.229 e. The Balaban J connectivity index is 1.72. The van der Waals surface area contributed by atoms with E-state index in [0.29, 0.717) is 18.0 Å². The zero-order chi connectivity index (χ0) is 21.5. The summed E-state index contributed by atoms with van der Waals surface area (Å²) < 4.78 is 10.6. The predicted molar refractivity (Wildman–Crippen MR) is 120 cm³/mol. The number of rotatable bonds is 8. The Morgan fingerprint density at radius 1 is 1.13 bits per heavy atom. The summed E-state index contributed by atoms with van der Waals surface area (Å²) in [6, 6.07) is 13.7. The molecule has 0 spiro atoms. The summed E-state index contributed by atoms with van der Waals surface area (Å²) >= 11 is 1.49. The molecular weight excluding hydrogens is 396 g/mol. The van der Waals surface area contributed by atoms with Crippen molar-refractivity contribution in [1.29, 1.82) is 0 Å². The number of carbonyl (C=O) groups is 1. The second-order valence-electron chi connectivity index (χ2n) is 6.83. The van der Waals surface area contributed by atoms with Crippen molar-refractivity contribution >= 4 is 17.2 Å². The number of aryl methyl sites for hydroxylation is 1. The highest BCUT2D eigenvalue weighted by Gasteiger charge is 2.16. The van der Waals surface area contributed by atoms with E-state index in [4.69, 9.17) is 15.9 Å². The summed E-state index contributed by atoms with van der Waals surface area (Å²) in [4.78, 5) is 19.2. The maximum absolute atomic E-state index is 12.9. The van der Waals surface area contributed by atoms with Crippen molar-refractivity contribution in [3.63, 3.8) is 0 Å². The fourth-order valence-corrected chi connectivity index (χ4v) is 3.83. The third-order valence-corrected chi connectivity index (χ3v) is 5.58. The van der Waals surface area contributed by atoms with E-state index >= 15 is 0 Å². The molecule has 0 radical (unpaired) electrons. The highest BCUT2D eigenvalue weighted by Crippen LogP contribution is 2.33. The molecule has 1 aromatic heterocycles. The summed E-state index contributed by atoms with van der Waals surface area (Å²) in [5.74, 6) is 3.84. The van der Waals surface area contributed by atoms with Gasteiger partial charge in [0.25, 0.3) is 0 Å². The molecule has 1 amide bonds. The number of ether oxygens (including phenoxy) is 2. The first-order chi connectivity index (χ1) is 14.5. The number of terminal acetylenes is 1. The lowest BCUT2D eigenvalue weighted by Crippen LogP contribution is -2.32. The minimum atomic E-state index is -0.0438. The van der Waals surface area contributed by atoms with Crippen molar-refractivity contribution in [3.05, 3.63) is 64.7 Å². The first kappa shape index (κ1) is 21.4. The summed E-state index contributed by atoms with van der Waals surface area (Å²) in [7, 11) is 3.20. The molecule has 0 atom stereocenters. The van der Waals surface area contributed by atoms with Gasteiger partial charge in [-0.15, -0.1) is 17.8 Å². The van der Waals surface area contributed by atoms with E-state index < -0.39 is 0 Å². The number of amides is 1. The van der Waals surface area contributed by atoms with Crippen LogP contribution in [0.25, 0.3) is 10.6 Å². The molecule has 0 N–H and O–H groups in total. The van der Waals surface area contributed by atoms with Crippen LogP contribution in [0, 0.1) is 19.3 Å². The van der Waals surface area contributed by atoms with E-state index in [1.807, 2.05) is 54.8 Å². The summed E-state index contributed by atoms with van der Waals surface area (Å²) in [5, 5.41) is 2.73. The molecule has 0 unspecified atom stereocenters. The largest absolute Gasteiger partial charge is 0.493 e. The van der Waals surface area contributed by atoms with Gasteiger partial charge in [-0.25, -0.2) is 4.98 Å². The van der Waals surface area contributed by atoms with Crippen molar-refractivity contribution in [1.82, 2.24) is 9.88 Å². The van der Waals surface area contributed by atoms with Gasteiger partial charge in [-0.1, -0.05) is 35.7 Å². The lowest BCUT2D eigenvalue weighted by molar-refractivity contribution is -0.130. The Hall–Kier alpha value is -3.30. The molecule has 0 aliphatic carbocycles. The second kappa shape index (κ2) is 9.95. The second-order valence-corrected chi connectivity index (χ2v) is 7.69. The Kier molecular flexibility index (Phi) is 7.10. The van der Waals surface area contributed by atoms with Gasteiger partial charge in [-0.2, -0.15) is 0 Å². The molecule has 0 aliphatic heterocycles. The van der Waals surface area contributed by atoms with Crippen molar-refractivity contribution in [2.75, 3.05) is 20.8 Å². The van der Waals surface area contributed by atoms with Gasteiger partial charge < -0.3 is 14.4 Å². The van der Waals surface area contributed by atoms with E-state index in [1.54, 1.807) is 19.1 Å². The Morgan fingerprint density at radius 2 is 1.87 bits per heavy atom. The quantitative estimate of drug-likeness (QED) is 0.509. The van der Waals surface area contributed by atoms with Gasteiger partial charge in [0.05, 0.1) is 32.9 Å². The zero-order valence-electron chi connectivity index (χ0n) is 17.3. The summed E-state index contributed by atoms with van der Waals surface area (Å²) in [6.45, 7) is 2.78. The predicted octanol–water partition coefficient (Wildman–Crippen LogP) is 4.34. The van der Waals surface area contributed by atoms with Crippen LogP contribution < -0.4 is 9.47 Å². The highest BCUT2D eigenvalue weighted by atomic mass is 32.1. The molecule has 6 heteroatoms. The van der Waals surface area contributed by atoms with Crippen LogP contribution in [0.4, 0.5) is 0 Å². The molecule has 3 rings (SSSR count). The topological polar surface area (TPSA) is 51.7 Å². The smallest absolute Gasteiger partial charge is 0.229 e. The number of carbonyl (C=O) groups excluding carboxylic acids is 1. The lowest BCUT2D eigenvalue weighted by Gasteiger charge is -2.20. The first-order valence-corrected chi connectivity index (χ1v) is 10.4. The van der Waals surface area contributed by atoms with Crippen LogP contribution >= 0.6 is 11.3 Å². The molecule has 154 valence electrons. The van der Waals surface area contributed by atoms with Crippen molar-refractivity contribution < 1.29 is 14.3 Å². The molecule has 0 saturated heterocycles. The Bertz CT molecular complexity index is 1050. The van der Waals surface area contributed by atoms with Gasteiger partial charge in [-0.05, 0) is 30.7 Å². The molecule has 0 saturated carbocycles. The number of methoxy groups -OCH3 is 2. The van der Waals surface area contributed by atoms with Crippen molar-refractivity contribution in [2.45, 2.75) is 19.9 Å². The molecule has 0 bridgehead atoms. The number of benzene rings is 2.